The van der Waals surface area contributed by atoms with Gasteiger partial charge in [0.05, 0.1) is 13.7 Å². The molecule has 0 saturated carbocycles. The van der Waals surface area contributed by atoms with Gasteiger partial charge in [0.2, 0.25) is 0 Å². The topological polar surface area (TPSA) is 76.6 Å². The lowest BCUT2D eigenvalue weighted by Gasteiger charge is -2.20. The molecule has 1 aliphatic rings. The van der Waals surface area contributed by atoms with Gasteiger partial charge in [0.25, 0.3) is 5.91 Å². The van der Waals surface area contributed by atoms with E-state index in [1.807, 2.05) is 30.3 Å². The number of hydrogen-bond donors (Lipinski definition) is 1. The molecule has 1 aromatic carbocycles. The van der Waals surface area contributed by atoms with E-state index >= 15 is 0 Å². The van der Waals surface area contributed by atoms with Gasteiger partial charge in [-0.1, -0.05) is 12.8 Å². The molecule has 0 unspecified atom stereocenters. The van der Waals surface area contributed by atoms with E-state index in [4.69, 9.17) is 9.47 Å². The summed E-state index contributed by atoms with van der Waals surface area (Å²) >= 11 is 0. The predicted octanol–water partition coefficient (Wildman–Crippen LogP) is 2.67. The summed E-state index contributed by atoms with van der Waals surface area (Å²) in [5.41, 5.74) is 0.318. The van der Waals surface area contributed by atoms with Crippen molar-refractivity contribution in [3.05, 3.63) is 42.1 Å². The van der Waals surface area contributed by atoms with Crippen molar-refractivity contribution >= 4 is 11.7 Å². The zero-order valence-corrected chi connectivity index (χ0v) is 15.7. The number of ether oxygens (including phenoxy) is 2. The number of anilines is 1. The molecule has 2 aromatic rings. The number of carbonyl (C=O) groups excluding carboxylic acids is 1. The molecule has 0 radical (unpaired) electrons. The maximum atomic E-state index is 12.2. The minimum Gasteiger partial charge on any atom is -0.497 e. The van der Waals surface area contributed by atoms with E-state index in [2.05, 4.69) is 20.4 Å². The van der Waals surface area contributed by atoms with Crippen LogP contribution in [0.15, 0.2) is 36.4 Å². The molecule has 2 heterocycles. The molecule has 0 bridgehead atoms. The first-order valence-corrected chi connectivity index (χ1v) is 9.40. The normalized spacial score (nSPS) is 14.3. The number of rotatable bonds is 7. The second kappa shape index (κ2) is 9.75. The van der Waals surface area contributed by atoms with Gasteiger partial charge in [0.15, 0.2) is 11.5 Å². The number of amides is 1. The Morgan fingerprint density at radius 3 is 2.33 bits per heavy atom. The molecular weight excluding hydrogens is 344 g/mol. The summed E-state index contributed by atoms with van der Waals surface area (Å²) in [6.07, 6.45) is 4.89. The minimum atomic E-state index is -0.247. The Kier molecular flexibility index (Phi) is 6.84. The molecule has 1 saturated heterocycles. The number of hydrogen-bond acceptors (Lipinski definition) is 6. The molecule has 7 nitrogen and oxygen atoms in total. The maximum absolute atomic E-state index is 12.2. The van der Waals surface area contributed by atoms with Gasteiger partial charge >= 0.3 is 0 Å². The molecule has 3 rings (SSSR count). The Hall–Kier alpha value is -2.83. The Morgan fingerprint density at radius 2 is 1.70 bits per heavy atom. The van der Waals surface area contributed by atoms with Crippen LogP contribution in [0, 0.1) is 0 Å². The van der Waals surface area contributed by atoms with Crippen LogP contribution in [0.25, 0.3) is 0 Å². The first kappa shape index (κ1) is 18.9. The summed E-state index contributed by atoms with van der Waals surface area (Å²) in [4.78, 5) is 14.4. The van der Waals surface area contributed by atoms with E-state index in [-0.39, 0.29) is 5.91 Å². The standard InChI is InChI=1S/C20H26N4O3/c1-26-16-6-8-17(9-7-16)27-15-12-21-20(25)18-10-11-19(23-22-18)24-13-4-2-3-5-14-24/h6-11H,2-5,12-15H2,1H3,(H,21,25). The van der Waals surface area contributed by atoms with E-state index in [0.29, 0.717) is 18.8 Å². The number of aromatic nitrogens is 2. The smallest absolute Gasteiger partial charge is 0.271 e. The largest absolute Gasteiger partial charge is 0.497 e. The van der Waals surface area contributed by atoms with Crippen LogP contribution in [0.2, 0.25) is 0 Å². The number of nitrogens with zero attached hydrogens (tertiary/aromatic N) is 3. The third kappa shape index (κ3) is 5.57. The molecule has 7 heteroatoms. The fourth-order valence-electron chi connectivity index (χ4n) is 3.01. The van der Waals surface area contributed by atoms with Crippen LogP contribution in [-0.2, 0) is 0 Å². The van der Waals surface area contributed by atoms with Gasteiger partial charge < -0.3 is 19.7 Å². The van der Waals surface area contributed by atoms with Crippen molar-refractivity contribution in [1.29, 1.82) is 0 Å². The number of methoxy groups -OCH3 is 1. The molecule has 1 fully saturated rings. The van der Waals surface area contributed by atoms with Gasteiger partial charge in [-0.2, -0.15) is 0 Å². The first-order chi connectivity index (χ1) is 13.3. The van der Waals surface area contributed by atoms with Crippen LogP contribution in [0.1, 0.15) is 36.2 Å². The van der Waals surface area contributed by atoms with Crippen LogP contribution in [0.4, 0.5) is 5.82 Å². The van der Waals surface area contributed by atoms with Gasteiger partial charge in [0, 0.05) is 13.1 Å². The van der Waals surface area contributed by atoms with Crippen molar-refractivity contribution in [3.63, 3.8) is 0 Å². The molecule has 144 valence electrons. The quantitative estimate of drug-likeness (QED) is 0.755. The highest BCUT2D eigenvalue weighted by Crippen LogP contribution is 2.17. The van der Waals surface area contributed by atoms with E-state index in [0.717, 1.165) is 30.4 Å². The van der Waals surface area contributed by atoms with Gasteiger partial charge in [-0.15, -0.1) is 10.2 Å². The average molecular weight is 370 g/mol. The molecule has 0 spiro atoms. The maximum Gasteiger partial charge on any atom is 0.271 e. The molecule has 27 heavy (non-hydrogen) atoms. The minimum absolute atomic E-state index is 0.247. The molecule has 1 aromatic heterocycles. The second-order valence-electron chi connectivity index (χ2n) is 6.46. The summed E-state index contributed by atoms with van der Waals surface area (Å²) < 4.78 is 10.7. The highest BCUT2D eigenvalue weighted by molar-refractivity contribution is 5.92. The van der Waals surface area contributed by atoms with Gasteiger partial charge in [0.1, 0.15) is 18.1 Å². The van der Waals surface area contributed by atoms with Crippen molar-refractivity contribution in [1.82, 2.24) is 15.5 Å². The van der Waals surface area contributed by atoms with E-state index in [1.165, 1.54) is 25.7 Å². The Morgan fingerprint density at radius 1 is 1.00 bits per heavy atom. The van der Waals surface area contributed by atoms with Crippen LogP contribution in [0.5, 0.6) is 11.5 Å². The van der Waals surface area contributed by atoms with Crippen molar-refractivity contribution in [2.75, 3.05) is 38.3 Å². The molecule has 0 aliphatic carbocycles. The van der Waals surface area contributed by atoms with Crippen molar-refractivity contribution in [3.8, 4) is 11.5 Å². The van der Waals surface area contributed by atoms with Crippen LogP contribution in [-0.4, -0.2) is 49.5 Å². The fraction of sp³-hybridized carbons (Fsp3) is 0.450. The molecular formula is C20H26N4O3. The Labute approximate surface area is 159 Å². The van der Waals surface area contributed by atoms with Crippen molar-refractivity contribution in [2.24, 2.45) is 0 Å². The summed E-state index contributed by atoms with van der Waals surface area (Å²) in [6, 6.07) is 10.9. The zero-order valence-electron chi connectivity index (χ0n) is 15.7. The van der Waals surface area contributed by atoms with E-state index < -0.39 is 0 Å². The zero-order chi connectivity index (χ0) is 18.9. The van der Waals surface area contributed by atoms with Crippen LogP contribution in [0.3, 0.4) is 0 Å². The molecule has 0 atom stereocenters. The highest BCUT2D eigenvalue weighted by Gasteiger charge is 2.13. The second-order valence-corrected chi connectivity index (χ2v) is 6.46. The number of nitrogens with one attached hydrogen (secondary N) is 1. The lowest BCUT2D eigenvalue weighted by Crippen LogP contribution is -2.30. The van der Waals surface area contributed by atoms with Gasteiger partial charge in [-0.3, -0.25) is 4.79 Å². The third-order valence-corrected chi connectivity index (χ3v) is 4.53. The molecule has 1 amide bonds. The average Bonchev–Trinajstić information content (AvgIpc) is 3.01. The SMILES string of the molecule is COc1ccc(OCCNC(=O)c2ccc(N3CCCCCC3)nn2)cc1. The van der Waals surface area contributed by atoms with Crippen molar-refractivity contribution < 1.29 is 14.3 Å². The highest BCUT2D eigenvalue weighted by atomic mass is 16.5. The first-order valence-electron chi connectivity index (χ1n) is 9.40. The summed E-state index contributed by atoms with van der Waals surface area (Å²) in [7, 11) is 1.62. The summed E-state index contributed by atoms with van der Waals surface area (Å²) in [5.74, 6) is 2.10. The summed E-state index contributed by atoms with van der Waals surface area (Å²) in [5, 5.41) is 11.1. The molecule has 1 aliphatic heterocycles. The van der Waals surface area contributed by atoms with Crippen molar-refractivity contribution in [2.45, 2.75) is 25.7 Å². The lowest BCUT2D eigenvalue weighted by molar-refractivity contribution is 0.0941. The predicted molar refractivity (Wildman–Crippen MR) is 104 cm³/mol. The van der Waals surface area contributed by atoms with Crippen LogP contribution >= 0.6 is 0 Å². The van der Waals surface area contributed by atoms with Crippen LogP contribution < -0.4 is 19.7 Å². The monoisotopic (exact) mass is 370 g/mol. The van der Waals surface area contributed by atoms with E-state index in [1.54, 1.807) is 13.2 Å². The Balaban J connectivity index is 1.43. The molecule has 1 N–H and O–H groups in total. The Bertz CT molecular complexity index is 711. The summed E-state index contributed by atoms with van der Waals surface area (Å²) in [6.45, 7) is 2.77. The van der Waals surface area contributed by atoms with E-state index in [9.17, 15) is 4.79 Å². The lowest BCUT2D eigenvalue weighted by atomic mass is 10.2. The number of carbonyl (C=O) groups is 1. The third-order valence-electron chi connectivity index (χ3n) is 4.53. The van der Waals surface area contributed by atoms with Gasteiger partial charge in [-0.25, -0.2) is 0 Å². The fourth-order valence-corrected chi connectivity index (χ4v) is 3.01. The van der Waals surface area contributed by atoms with Gasteiger partial charge in [-0.05, 0) is 49.2 Å². The number of benzene rings is 1.